The summed E-state index contributed by atoms with van der Waals surface area (Å²) in [7, 11) is 0. The normalized spacial score (nSPS) is 11.5. The molecule has 0 unspecified atom stereocenters. The molecule has 0 spiro atoms. The van der Waals surface area contributed by atoms with Crippen LogP contribution in [0, 0.1) is 11.3 Å². The van der Waals surface area contributed by atoms with Gasteiger partial charge in [0.25, 0.3) is 0 Å². The van der Waals surface area contributed by atoms with Crippen LogP contribution < -0.4 is 0 Å². The number of rotatable bonds is 1. The number of benzene rings is 2. The van der Waals surface area contributed by atoms with Crippen LogP contribution in [0.3, 0.4) is 0 Å². The summed E-state index contributed by atoms with van der Waals surface area (Å²) in [6.07, 6.45) is -4.49. The molecule has 0 aliphatic heterocycles. The van der Waals surface area contributed by atoms with Gasteiger partial charge < -0.3 is 4.42 Å². The Labute approximate surface area is 117 Å². The Kier molecular flexibility index (Phi) is 2.91. The minimum absolute atomic E-state index is 0.118. The minimum Gasteiger partial charge on any atom is -0.436 e. The van der Waals surface area contributed by atoms with E-state index in [1.165, 1.54) is 36.4 Å². The van der Waals surface area contributed by atoms with Crippen LogP contribution in [0.25, 0.3) is 22.6 Å². The molecule has 2 aromatic carbocycles. The monoisotopic (exact) mass is 288 g/mol. The lowest BCUT2D eigenvalue weighted by molar-refractivity contribution is -0.137. The third-order valence-electron chi connectivity index (χ3n) is 2.98. The predicted octanol–water partition coefficient (Wildman–Crippen LogP) is 4.39. The summed E-state index contributed by atoms with van der Waals surface area (Å²) in [5.41, 5.74) is 0.116. The van der Waals surface area contributed by atoms with Crippen LogP contribution in [-0.4, -0.2) is 4.98 Å². The van der Waals surface area contributed by atoms with E-state index in [4.69, 9.17) is 9.68 Å². The fourth-order valence-corrected chi connectivity index (χ4v) is 2.03. The van der Waals surface area contributed by atoms with Gasteiger partial charge in [-0.2, -0.15) is 18.4 Å². The van der Waals surface area contributed by atoms with Gasteiger partial charge in [-0.05, 0) is 30.3 Å². The summed E-state index contributed by atoms with van der Waals surface area (Å²) in [5.74, 6) is -0.118. The van der Waals surface area contributed by atoms with Gasteiger partial charge in [0.15, 0.2) is 5.58 Å². The SMILES string of the molecule is N#Cc1ccc2oc(-c3ccccc3C(F)(F)F)nc2c1. The molecule has 0 bridgehead atoms. The molecule has 6 heteroatoms. The maximum absolute atomic E-state index is 13.0. The van der Waals surface area contributed by atoms with E-state index in [0.717, 1.165) is 6.07 Å². The molecule has 104 valence electrons. The summed E-state index contributed by atoms with van der Waals surface area (Å²) in [6, 6.07) is 11.5. The van der Waals surface area contributed by atoms with Gasteiger partial charge in [-0.15, -0.1) is 0 Å². The van der Waals surface area contributed by atoms with Crippen molar-refractivity contribution in [2.24, 2.45) is 0 Å². The molecule has 21 heavy (non-hydrogen) atoms. The van der Waals surface area contributed by atoms with Crippen molar-refractivity contribution >= 4 is 11.1 Å². The van der Waals surface area contributed by atoms with E-state index in [1.807, 2.05) is 6.07 Å². The Bertz CT molecular complexity index is 859. The lowest BCUT2D eigenvalue weighted by Gasteiger charge is -2.09. The van der Waals surface area contributed by atoms with E-state index >= 15 is 0 Å². The Morgan fingerprint density at radius 1 is 1.10 bits per heavy atom. The summed E-state index contributed by atoms with van der Waals surface area (Å²) in [5, 5.41) is 8.81. The van der Waals surface area contributed by atoms with E-state index in [2.05, 4.69) is 4.98 Å². The smallest absolute Gasteiger partial charge is 0.417 e. The standard InChI is InChI=1S/C15H7F3N2O/c16-15(17,18)11-4-2-1-3-10(11)14-20-12-7-9(8-19)5-6-13(12)21-14/h1-7H. The van der Waals surface area contributed by atoms with Gasteiger partial charge in [0.2, 0.25) is 5.89 Å². The van der Waals surface area contributed by atoms with Crippen molar-refractivity contribution in [1.82, 2.24) is 4.98 Å². The van der Waals surface area contributed by atoms with Crippen molar-refractivity contribution in [1.29, 1.82) is 5.26 Å². The lowest BCUT2D eigenvalue weighted by Crippen LogP contribution is -2.06. The van der Waals surface area contributed by atoms with Crippen LogP contribution in [0.5, 0.6) is 0 Å². The van der Waals surface area contributed by atoms with E-state index < -0.39 is 11.7 Å². The molecule has 0 aliphatic rings. The average molecular weight is 288 g/mol. The van der Waals surface area contributed by atoms with Crippen LogP contribution in [-0.2, 0) is 6.18 Å². The predicted molar refractivity (Wildman–Crippen MR) is 69.2 cm³/mol. The summed E-state index contributed by atoms with van der Waals surface area (Å²) in [4.78, 5) is 4.05. The van der Waals surface area contributed by atoms with Crippen LogP contribution >= 0.6 is 0 Å². The molecule has 0 aliphatic carbocycles. The zero-order valence-corrected chi connectivity index (χ0v) is 10.5. The number of oxazole rings is 1. The molecule has 0 atom stereocenters. The third-order valence-corrected chi connectivity index (χ3v) is 2.98. The van der Waals surface area contributed by atoms with E-state index in [9.17, 15) is 13.2 Å². The van der Waals surface area contributed by atoms with Crippen molar-refractivity contribution in [2.45, 2.75) is 6.18 Å². The number of hydrogen-bond donors (Lipinski definition) is 0. The highest BCUT2D eigenvalue weighted by molar-refractivity contribution is 5.78. The first-order chi connectivity index (χ1) is 9.99. The van der Waals surface area contributed by atoms with Crippen LogP contribution in [0.2, 0.25) is 0 Å². The number of halogens is 3. The molecule has 3 nitrogen and oxygen atoms in total. The highest BCUT2D eigenvalue weighted by Crippen LogP contribution is 2.37. The molecule has 3 aromatic rings. The van der Waals surface area contributed by atoms with Crippen molar-refractivity contribution in [2.75, 3.05) is 0 Å². The number of fused-ring (bicyclic) bond motifs is 1. The zero-order valence-electron chi connectivity index (χ0n) is 10.5. The number of nitrogens with zero attached hydrogens (tertiary/aromatic N) is 2. The van der Waals surface area contributed by atoms with Gasteiger partial charge in [-0.1, -0.05) is 12.1 Å². The topological polar surface area (TPSA) is 49.8 Å². The number of alkyl halides is 3. The molecule has 0 saturated carbocycles. The maximum atomic E-state index is 13.0. The van der Waals surface area contributed by atoms with Crippen molar-refractivity contribution < 1.29 is 17.6 Å². The molecule has 0 fully saturated rings. The molecule has 0 amide bonds. The molecule has 0 radical (unpaired) electrons. The fraction of sp³-hybridized carbons (Fsp3) is 0.0667. The minimum atomic E-state index is -4.49. The van der Waals surface area contributed by atoms with Crippen LogP contribution in [0.4, 0.5) is 13.2 Å². The van der Waals surface area contributed by atoms with Gasteiger partial charge in [-0.25, -0.2) is 4.98 Å². The molecular weight excluding hydrogens is 281 g/mol. The third kappa shape index (κ3) is 2.34. The largest absolute Gasteiger partial charge is 0.436 e. The van der Waals surface area contributed by atoms with E-state index in [-0.39, 0.29) is 11.5 Å². The maximum Gasteiger partial charge on any atom is 0.417 e. The first kappa shape index (κ1) is 13.2. The number of hydrogen-bond acceptors (Lipinski definition) is 3. The van der Waals surface area contributed by atoms with Crippen molar-refractivity contribution in [3.63, 3.8) is 0 Å². The second-order valence-electron chi connectivity index (χ2n) is 4.36. The quantitative estimate of drug-likeness (QED) is 0.667. The van der Waals surface area contributed by atoms with Crippen LogP contribution in [0.1, 0.15) is 11.1 Å². The van der Waals surface area contributed by atoms with Gasteiger partial charge >= 0.3 is 6.18 Å². The van der Waals surface area contributed by atoms with Gasteiger partial charge in [0.05, 0.1) is 17.2 Å². The summed E-state index contributed by atoms with van der Waals surface area (Å²) >= 11 is 0. The molecule has 0 saturated heterocycles. The van der Waals surface area contributed by atoms with Crippen LogP contribution in [0.15, 0.2) is 46.9 Å². The molecular formula is C15H7F3N2O. The van der Waals surface area contributed by atoms with Crippen molar-refractivity contribution in [3.05, 3.63) is 53.6 Å². The number of aromatic nitrogens is 1. The molecule has 1 aromatic heterocycles. The summed E-state index contributed by atoms with van der Waals surface area (Å²) < 4.78 is 44.4. The van der Waals surface area contributed by atoms with E-state index in [0.29, 0.717) is 16.7 Å². The zero-order chi connectivity index (χ0) is 15.0. The Balaban J connectivity index is 2.20. The highest BCUT2D eigenvalue weighted by Gasteiger charge is 2.34. The average Bonchev–Trinajstić information content (AvgIpc) is 2.89. The Hall–Kier alpha value is -2.81. The molecule has 1 heterocycles. The van der Waals surface area contributed by atoms with Gasteiger partial charge in [-0.3, -0.25) is 0 Å². The second-order valence-corrected chi connectivity index (χ2v) is 4.36. The number of nitriles is 1. The second kappa shape index (κ2) is 4.63. The molecule has 3 rings (SSSR count). The first-order valence-electron chi connectivity index (χ1n) is 5.96. The molecule has 0 N–H and O–H groups in total. The van der Waals surface area contributed by atoms with Gasteiger partial charge in [0.1, 0.15) is 5.52 Å². The van der Waals surface area contributed by atoms with Gasteiger partial charge in [0, 0.05) is 5.56 Å². The lowest BCUT2D eigenvalue weighted by atomic mass is 10.1. The first-order valence-corrected chi connectivity index (χ1v) is 5.96. The van der Waals surface area contributed by atoms with E-state index in [1.54, 1.807) is 0 Å². The summed E-state index contributed by atoms with van der Waals surface area (Å²) in [6.45, 7) is 0. The van der Waals surface area contributed by atoms with Crippen molar-refractivity contribution in [3.8, 4) is 17.5 Å². The fourth-order valence-electron chi connectivity index (χ4n) is 2.03. The Morgan fingerprint density at radius 3 is 2.57 bits per heavy atom. The highest BCUT2D eigenvalue weighted by atomic mass is 19.4. The Morgan fingerprint density at radius 2 is 1.86 bits per heavy atom.